The highest BCUT2D eigenvalue weighted by Crippen LogP contribution is 2.58. The third kappa shape index (κ3) is 4.08. The van der Waals surface area contributed by atoms with E-state index in [4.69, 9.17) is 9.47 Å². The summed E-state index contributed by atoms with van der Waals surface area (Å²) >= 11 is 0. The van der Waals surface area contributed by atoms with E-state index in [1.807, 2.05) is 24.3 Å². The molecule has 3 heterocycles. The third-order valence-corrected chi connectivity index (χ3v) is 7.80. The van der Waals surface area contributed by atoms with Crippen molar-refractivity contribution in [2.24, 2.45) is 11.8 Å². The van der Waals surface area contributed by atoms with Gasteiger partial charge in [-0.15, -0.1) is 6.58 Å². The number of fused-ring (bicyclic) bond motifs is 1. The highest BCUT2D eigenvalue weighted by molar-refractivity contribution is 6.04. The molecule has 2 bridgehead atoms. The van der Waals surface area contributed by atoms with Crippen LogP contribution in [0.2, 0.25) is 0 Å². The number of anilines is 2. The second kappa shape index (κ2) is 10.6. The molecule has 196 valence electrons. The predicted octanol–water partition coefficient (Wildman–Crippen LogP) is 1.98. The number of amides is 2. The van der Waals surface area contributed by atoms with Gasteiger partial charge in [-0.3, -0.25) is 14.4 Å². The molecule has 3 aliphatic heterocycles. The number of carbonyl (C=O) groups excluding carboxylic acids is 3. The fraction of sp³-hybridized carbons (Fsp3) is 0.593. The first-order valence-electron chi connectivity index (χ1n) is 12.9. The average molecular weight is 500 g/mol. The molecule has 36 heavy (non-hydrogen) atoms. The maximum absolute atomic E-state index is 14.2. The van der Waals surface area contributed by atoms with Gasteiger partial charge in [0.2, 0.25) is 5.91 Å². The van der Waals surface area contributed by atoms with Gasteiger partial charge >= 0.3 is 5.97 Å². The Morgan fingerprint density at radius 3 is 2.47 bits per heavy atom. The molecule has 0 aliphatic carbocycles. The lowest BCUT2D eigenvalue weighted by Crippen LogP contribution is -2.56. The van der Waals surface area contributed by atoms with Crippen LogP contribution in [0.3, 0.4) is 0 Å². The molecule has 3 aliphatic rings. The van der Waals surface area contributed by atoms with E-state index in [0.717, 1.165) is 18.8 Å². The van der Waals surface area contributed by atoms with Gasteiger partial charge in [0.15, 0.2) is 0 Å². The summed E-state index contributed by atoms with van der Waals surface area (Å²) in [5, 5.41) is 9.75. The van der Waals surface area contributed by atoms with Crippen LogP contribution in [0.1, 0.15) is 33.6 Å². The Kier molecular flexibility index (Phi) is 7.70. The molecule has 0 radical (unpaired) electrons. The molecular weight excluding hydrogens is 462 g/mol. The van der Waals surface area contributed by atoms with Crippen LogP contribution in [0.25, 0.3) is 0 Å². The fourth-order valence-corrected chi connectivity index (χ4v) is 6.32. The summed E-state index contributed by atoms with van der Waals surface area (Å²) in [6, 6.07) is 6.80. The van der Waals surface area contributed by atoms with E-state index in [0.29, 0.717) is 18.5 Å². The SMILES string of the molecule is C=CCN(C(=O)[C@@H]1N(CCO)C(=O)[C@H]2[C@H](C(=O)OCC)[C@@H]3CC[C@]12O3)c1ccc(N(CC)CC)cc1. The summed E-state index contributed by atoms with van der Waals surface area (Å²) in [5.41, 5.74) is 0.620. The second-order valence-electron chi connectivity index (χ2n) is 9.49. The minimum Gasteiger partial charge on any atom is -0.466 e. The number of carbonyl (C=O) groups is 3. The number of benzene rings is 1. The van der Waals surface area contributed by atoms with Crippen molar-refractivity contribution >= 4 is 29.2 Å². The first-order valence-corrected chi connectivity index (χ1v) is 12.9. The predicted molar refractivity (Wildman–Crippen MR) is 136 cm³/mol. The lowest BCUT2D eigenvalue weighted by Gasteiger charge is -2.36. The zero-order valence-electron chi connectivity index (χ0n) is 21.4. The van der Waals surface area contributed by atoms with E-state index in [2.05, 4.69) is 25.3 Å². The fourth-order valence-electron chi connectivity index (χ4n) is 6.32. The normalized spacial score (nSPS) is 28.2. The van der Waals surface area contributed by atoms with E-state index in [1.54, 1.807) is 17.9 Å². The van der Waals surface area contributed by atoms with Crippen molar-refractivity contribution in [2.75, 3.05) is 49.2 Å². The van der Waals surface area contributed by atoms with Gasteiger partial charge in [0.1, 0.15) is 11.6 Å². The van der Waals surface area contributed by atoms with Crippen LogP contribution in [-0.4, -0.2) is 84.9 Å². The Hall–Kier alpha value is -2.91. The number of hydrogen-bond acceptors (Lipinski definition) is 7. The number of likely N-dealkylation sites (tertiary alicyclic amines) is 1. The molecule has 2 amide bonds. The van der Waals surface area contributed by atoms with Crippen molar-refractivity contribution in [3.05, 3.63) is 36.9 Å². The van der Waals surface area contributed by atoms with Crippen molar-refractivity contribution in [1.29, 1.82) is 0 Å². The largest absolute Gasteiger partial charge is 0.466 e. The highest BCUT2D eigenvalue weighted by atomic mass is 16.6. The van der Waals surface area contributed by atoms with Crippen LogP contribution >= 0.6 is 0 Å². The topological polar surface area (TPSA) is 99.6 Å². The van der Waals surface area contributed by atoms with E-state index in [9.17, 15) is 19.5 Å². The van der Waals surface area contributed by atoms with Gasteiger partial charge in [-0.1, -0.05) is 6.08 Å². The standard InChI is InChI=1S/C27H37N3O6/c1-5-15-29(19-11-9-18(10-12-19)28(6-2)7-3)25(33)23-27-14-13-20(36-27)21(26(34)35-8-4)22(27)24(32)30(23)16-17-31/h5,9-12,20-23,31H,1,6-8,13-17H2,2-4H3/t20-,21+,22+,23-,27+/m0/s1. The van der Waals surface area contributed by atoms with E-state index in [1.165, 1.54) is 4.90 Å². The van der Waals surface area contributed by atoms with Crippen molar-refractivity contribution in [3.63, 3.8) is 0 Å². The molecule has 1 aromatic rings. The monoisotopic (exact) mass is 499 g/mol. The molecule has 0 unspecified atom stereocenters. The Balaban J connectivity index is 1.70. The molecule has 3 saturated heterocycles. The summed E-state index contributed by atoms with van der Waals surface area (Å²) in [4.78, 5) is 45.9. The van der Waals surface area contributed by atoms with Gasteiger partial charge in [0.05, 0.1) is 31.2 Å². The lowest BCUT2D eigenvalue weighted by atomic mass is 9.70. The number of β-amino-alcohol motifs (C(OH)–C–C–N with tert-alkyl or cyclic N) is 1. The number of esters is 1. The number of nitrogens with zero attached hydrogens (tertiary/aromatic N) is 3. The lowest BCUT2D eigenvalue weighted by molar-refractivity contribution is -0.154. The molecule has 1 spiro atoms. The highest BCUT2D eigenvalue weighted by Gasteiger charge is 2.75. The molecule has 3 fully saturated rings. The van der Waals surface area contributed by atoms with Crippen molar-refractivity contribution in [3.8, 4) is 0 Å². The number of aliphatic hydroxyl groups excluding tert-OH is 1. The van der Waals surface area contributed by atoms with Crippen LogP contribution < -0.4 is 9.80 Å². The number of ether oxygens (including phenoxy) is 2. The van der Waals surface area contributed by atoms with Gasteiger partial charge < -0.3 is 29.3 Å². The molecule has 9 heteroatoms. The molecule has 1 aromatic carbocycles. The Bertz CT molecular complexity index is 994. The first kappa shape index (κ1) is 26.2. The van der Waals surface area contributed by atoms with Crippen LogP contribution in [0.15, 0.2) is 36.9 Å². The van der Waals surface area contributed by atoms with Gasteiger partial charge in [-0.2, -0.15) is 0 Å². The molecule has 0 aromatic heterocycles. The quantitative estimate of drug-likeness (QED) is 0.367. The Morgan fingerprint density at radius 1 is 1.22 bits per heavy atom. The zero-order valence-corrected chi connectivity index (χ0v) is 21.4. The molecule has 5 atom stereocenters. The summed E-state index contributed by atoms with van der Waals surface area (Å²) in [6.45, 7) is 11.6. The third-order valence-electron chi connectivity index (χ3n) is 7.80. The summed E-state index contributed by atoms with van der Waals surface area (Å²) in [5.74, 6) is -2.65. The minimum absolute atomic E-state index is 0.0140. The summed E-state index contributed by atoms with van der Waals surface area (Å²) < 4.78 is 11.6. The first-order chi connectivity index (χ1) is 17.4. The average Bonchev–Trinajstić information content (AvgIpc) is 3.52. The Morgan fingerprint density at radius 2 is 1.89 bits per heavy atom. The smallest absolute Gasteiger partial charge is 0.312 e. The molecule has 0 saturated carbocycles. The number of rotatable bonds is 11. The van der Waals surface area contributed by atoms with E-state index < -0.39 is 35.6 Å². The van der Waals surface area contributed by atoms with E-state index in [-0.39, 0.29) is 38.1 Å². The van der Waals surface area contributed by atoms with Crippen LogP contribution in [-0.2, 0) is 23.9 Å². The zero-order chi connectivity index (χ0) is 26.0. The van der Waals surface area contributed by atoms with Crippen LogP contribution in [0.5, 0.6) is 0 Å². The van der Waals surface area contributed by atoms with Gasteiger partial charge in [-0.05, 0) is 57.9 Å². The van der Waals surface area contributed by atoms with Crippen molar-refractivity contribution < 1.29 is 29.0 Å². The second-order valence-corrected chi connectivity index (χ2v) is 9.49. The van der Waals surface area contributed by atoms with Gasteiger partial charge in [0, 0.05) is 37.6 Å². The number of aliphatic hydroxyl groups is 1. The van der Waals surface area contributed by atoms with Crippen LogP contribution in [0, 0.1) is 11.8 Å². The van der Waals surface area contributed by atoms with E-state index >= 15 is 0 Å². The van der Waals surface area contributed by atoms with Crippen molar-refractivity contribution in [1.82, 2.24) is 4.90 Å². The molecule has 1 N–H and O–H groups in total. The van der Waals surface area contributed by atoms with Crippen molar-refractivity contribution in [2.45, 2.75) is 51.4 Å². The minimum atomic E-state index is -1.12. The Labute approximate surface area is 212 Å². The maximum Gasteiger partial charge on any atom is 0.312 e. The summed E-state index contributed by atoms with van der Waals surface area (Å²) in [6.07, 6.45) is 2.26. The maximum atomic E-state index is 14.2. The summed E-state index contributed by atoms with van der Waals surface area (Å²) in [7, 11) is 0. The van der Waals surface area contributed by atoms with Gasteiger partial charge in [0.25, 0.3) is 5.91 Å². The molecule has 4 rings (SSSR count). The van der Waals surface area contributed by atoms with Gasteiger partial charge in [-0.25, -0.2) is 0 Å². The number of hydrogen-bond donors (Lipinski definition) is 1. The molecular formula is C27H37N3O6. The van der Waals surface area contributed by atoms with Crippen LogP contribution in [0.4, 0.5) is 11.4 Å². The molecule has 9 nitrogen and oxygen atoms in total.